The summed E-state index contributed by atoms with van der Waals surface area (Å²) in [5, 5.41) is 0. The van der Waals surface area contributed by atoms with Crippen LogP contribution in [0.15, 0.2) is 30.3 Å². The lowest BCUT2D eigenvalue weighted by atomic mass is 10.2. The van der Waals surface area contributed by atoms with Crippen molar-refractivity contribution in [2.24, 2.45) is 0 Å². The van der Waals surface area contributed by atoms with E-state index in [1.54, 1.807) is 4.90 Å². The molecule has 2 N–H and O–H groups in total. The van der Waals surface area contributed by atoms with Crippen LogP contribution in [0.4, 0.5) is 0 Å². The van der Waals surface area contributed by atoms with Gasteiger partial charge in [-0.1, -0.05) is 30.3 Å². The van der Waals surface area contributed by atoms with Crippen LogP contribution in [0.1, 0.15) is 33.3 Å². The zero-order valence-corrected chi connectivity index (χ0v) is 15.1. The average Bonchev–Trinajstić information content (AvgIpc) is 2.49. The highest BCUT2D eigenvalue weighted by molar-refractivity contribution is 5.77. The fraction of sp³-hybridized carbons (Fsp3) is 0.632. The smallest absolute Gasteiger partial charge is 0.278 e. The molecule has 0 radical (unpaired) electrons. The van der Waals surface area contributed by atoms with E-state index in [0.29, 0.717) is 12.5 Å². The largest absolute Gasteiger partial charge is 0.333 e. The molecule has 128 valence electrons. The Kier molecular flexibility index (Phi) is 6.60. The average molecular weight is 319 g/mol. The number of amides is 1. The van der Waals surface area contributed by atoms with Gasteiger partial charge in [-0.3, -0.25) is 4.79 Å². The van der Waals surface area contributed by atoms with Crippen LogP contribution >= 0.6 is 0 Å². The van der Waals surface area contributed by atoms with Gasteiger partial charge in [-0.15, -0.1) is 0 Å². The van der Waals surface area contributed by atoms with Crippen molar-refractivity contribution in [2.75, 3.05) is 32.7 Å². The number of hydrogen-bond acceptors (Lipinski definition) is 1. The van der Waals surface area contributed by atoms with Crippen LogP contribution in [-0.2, 0) is 11.3 Å². The molecule has 1 aliphatic heterocycles. The minimum atomic E-state index is 0.284. The molecule has 1 heterocycles. The fourth-order valence-electron chi connectivity index (χ4n) is 3.67. The van der Waals surface area contributed by atoms with Crippen molar-refractivity contribution in [3.8, 4) is 0 Å². The molecule has 1 aliphatic rings. The van der Waals surface area contributed by atoms with E-state index in [1.807, 2.05) is 4.90 Å². The maximum Gasteiger partial charge on any atom is 0.278 e. The molecule has 0 atom stereocenters. The molecule has 0 unspecified atom stereocenters. The molecule has 1 fully saturated rings. The second kappa shape index (κ2) is 8.46. The third kappa shape index (κ3) is 5.33. The number of carbonyl (C=O) groups excluding carboxylic acids is 1. The maximum absolute atomic E-state index is 12.6. The highest BCUT2D eigenvalue weighted by Gasteiger charge is 2.28. The number of hydrogen-bond donors (Lipinski definition) is 2. The van der Waals surface area contributed by atoms with Crippen LogP contribution in [-0.4, -0.2) is 55.6 Å². The predicted molar refractivity (Wildman–Crippen MR) is 93.5 cm³/mol. The van der Waals surface area contributed by atoms with Crippen molar-refractivity contribution in [1.29, 1.82) is 0 Å². The van der Waals surface area contributed by atoms with Gasteiger partial charge in [0.2, 0.25) is 0 Å². The molecule has 1 saturated heterocycles. The predicted octanol–water partition coefficient (Wildman–Crippen LogP) is -0.385. The lowest BCUT2D eigenvalue weighted by Gasteiger charge is -2.34. The van der Waals surface area contributed by atoms with E-state index in [2.05, 4.69) is 58.0 Å². The number of nitrogens with one attached hydrogen (secondary N) is 2. The summed E-state index contributed by atoms with van der Waals surface area (Å²) < 4.78 is 0. The van der Waals surface area contributed by atoms with Gasteiger partial charge in [-0.25, -0.2) is 0 Å². The van der Waals surface area contributed by atoms with Gasteiger partial charge in [0.1, 0.15) is 32.7 Å². The monoisotopic (exact) mass is 319 g/mol. The van der Waals surface area contributed by atoms with E-state index in [0.717, 1.165) is 32.7 Å². The Hall–Kier alpha value is -1.39. The molecule has 0 spiro atoms. The molecule has 23 heavy (non-hydrogen) atoms. The Bertz CT molecular complexity index is 471. The number of piperazine rings is 1. The van der Waals surface area contributed by atoms with Gasteiger partial charge in [0.05, 0.1) is 0 Å². The van der Waals surface area contributed by atoms with E-state index in [-0.39, 0.29) is 12.1 Å². The van der Waals surface area contributed by atoms with Gasteiger partial charge in [0.15, 0.2) is 6.54 Å². The first kappa shape index (κ1) is 18.0. The highest BCUT2D eigenvalue weighted by Crippen LogP contribution is 2.04. The number of nitrogens with zero attached hydrogens (tertiary/aromatic N) is 1. The molecule has 0 saturated carbocycles. The summed E-state index contributed by atoms with van der Waals surface area (Å²) in [5.74, 6) is 0.302. The Morgan fingerprint density at radius 3 is 2.00 bits per heavy atom. The third-order valence-electron chi connectivity index (χ3n) is 4.76. The second-order valence-corrected chi connectivity index (χ2v) is 7.33. The van der Waals surface area contributed by atoms with Crippen LogP contribution in [0.2, 0.25) is 0 Å². The molecular weight excluding hydrogens is 286 g/mol. The molecule has 1 amide bonds. The summed E-state index contributed by atoms with van der Waals surface area (Å²) >= 11 is 0. The van der Waals surface area contributed by atoms with Crippen molar-refractivity contribution in [1.82, 2.24) is 4.90 Å². The van der Waals surface area contributed by atoms with Crippen LogP contribution in [0, 0.1) is 0 Å². The number of quaternary nitrogens is 2. The number of carbonyl (C=O) groups is 1. The van der Waals surface area contributed by atoms with Gasteiger partial charge in [0.25, 0.3) is 5.91 Å². The van der Waals surface area contributed by atoms with Crippen molar-refractivity contribution < 1.29 is 14.6 Å². The maximum atomic E-state index is 12.6. The van der Waals surface area contributed by atoms with Crippen molar-refractivity contribution in [3.63, 3.8) is 0 Å². The summed E-state index contributed by atoms with van der Waals surface area (Å²) in [6.45, 7) is 14.7. The highest BCUT2D eigenvalue weighted by atomic mass is 16.2. The van der Waals surface area contributed by atoms with Gasteiger partial charge in [-0.05, 0) is 27.7 Å². The third-order valence-corrected chi connectivity index (χ3v) is 4.76. The van der Waals surface area contributed by atoms with Gasteiger partial charge in [0, 0.05) is 17.6 Å². The lowest BCUT2D eigenvalue weighted by Crippen LogP contribution is -3.28. The van der Waals surface area contributed by atoms with E-state index >= 15 is 0 Å². The minimum absolute atomic E-state index is 0.284. The van der Waals surface area contributed by atoms with Crippen molar-refractivity contribution in [2.45, 2.75) is 46.3 Å². The second-order valence-electron chi connectivity index (χ2n) is 7.33. The number of rotatable bonds is 6. The Morgan fingerprint density at radius 1 is 0.957 bits per heavy atom. The molecule has 0 aromatic heterocycles. The van der Waals surface area contributed by atoms with Gasteiger partial charge in [-0.2, -0.15) is 0 Å². The first-order valence-corrected chi connectivity index (χ1v) is 8.99. The van der Waals surface area contributed by atoms with Crippen LogP contribution < -0.4 is 9.80 Å². The van der Waals surface area contributed by atoms with Crippen molar-refractivity contribution >= 4 is 5.91 Å². The zero-order valence-electron chi connectivity index (χ0n) is 15.1. The van der Waals surface area contributed by atoms with E-state index in [9.17, 15) is 4.79 Å². The van der Waals surface area contributed by atoms with Crippen LogP contribution in [0.25, 0.3) is 0 Å². The Labute approximate surface area is 141 Å². The van der Waals surface area contributed by atoms with Gasteiger partial charge >= 0.3 is 0 Å². The summed E-state index contributed by atoms with van der Waals surface area (Å²) in [6, 6.07) is 11.3. The van der Waals surface area contributed by atoms with E-state index < -0.39 is 0 Å². The zero-order chi connectivity index (χ0) is 16.8. The molecule has 0 bridgehead atoms. The SMILES string of the molecule is CC(C)N(C(=O)C[NH+]1CC[NH+](Cc2ccccc2)CC1)C(C)C. The molecule has 1 aromatic carbocycles. The first-order chi connectivity index (χ1) is 11.0. The Balaban J connectivity index is 1.79. The van der Waals surface area contributed by atoms with Crippen molar-refractivity contribution in [3.05, 3.63) is 35.9 Å². The molecule has 1 aromatic rings. The minimum Gasteiger partial charge on any atom is -0.333 e. The summed E-state index contributed by atoms with van der Waals surface area (Å²) in [5.41, 5.74) is 1.41. The summed E-state index contributed by atoms with van der Waals surface area (Å²) in [4.78, 5) is 17.7. The number of benzene rings is 1. The molecule has 4 nitrogen and oxygen atoms in total. The van der Waals surface area contributed by atoms with E-state index in [4.69, 9.17) is 0 Å². The normalized spacial score (nSPS) is 21.7. The van der Waals surface area contributed by atoms with Crippen LogP contribution in [0.5, 0.6) is 0 Å². The van der Waals surface area contributed by atoms with E-state index in [1.165, 1.54) is 10.5 Å². The quantitative estimate of drug-likeness (QED) is 0.735. The standard InChI is InChI=1S/C19H31N3O/c1-16(2)22(17(3)4)19(23)15-21-12-10-20(11-13-21)14-18-8-6-5-7-9-18/h5-9,16-17H,10-15H2,1-4H3/p+2. The Morgan fingerprint density at radius 2 is 1.48 bits per heavy atom. The summed E-state index contributed by atoms with van der Waals surface area (Å²) in [6.07, 6.45) is 0. The topological polar surface area (TPSA) is 29.2 Å². The molecule has 4 heteroatoms. The lowest BCUT2D eigenvalue weighted by molar-refractivity contribution is -1.02. The fourth-order valence-corrected chi connectivity index (χ4v) is 3.67. The molecule has 0 aliphatic carbocycles. The first-order valence-electron chi connectivity index (χ1n) is 8.99. The molecule has 2 rings (SSSR count). The van der Waals surface area contributed by atoms with Gasteiger partial charge < -0.3 is 14.7 Å². The summed E-state index contributed by atoms with van der Waals surface area (Å²) in [7, 11) is 0. The molecular formula is C19H33N3O+2. The van der Waals surface area contributed by atoms with Crippen LogP contribution in [0.3, 0.4) is 0 Å².